The first-order valence-electron chi connectivity index (χ1n) is 9.97. The molecule has 1 unspecified atom stereocenters. The van der Waals surface area contributed by atoms with Gasteiger partial charge in [0.15, 0.2) is 0 Å². The van der Waals surface area contributed by atoms with Crippen molar-refractivity contribution in [2.45, 2.75) is 37.5 Å². The van der Waals surface area contributed by atoms with Gasteiger partial charge in [-0.25, -0.2) is 8.42 Å². The molecule has 1 aliphatic rings. The van der Waals surface area contributed by atoms with Crippen LogP contribution in [0.25, 0.3) is 0 Å². The molecule has 1 atom stereocenters. The van der Waals surface area contributed by atoms with Crippen LogP contribution in [0.4, 0.5) is 5.69 Å². The number of amides is 1. The van der Waals surface area contributed by atoms with Gasteiger partial charge in [-0.05, 0) is 54.7 Å². The number of rotatable bonds is 6. The highest BCUT2D eigenvalue weighted by Gasteiger charge is 2.33. The molecule has 0 radical (unpaired) electrons. The van der Waals surface area contributed by atoms with Crippen LogP contribution < -0.4 is 10.1 Å². The van der Waals surface area contributed by atoms with E-state index >= 15 is 0 Å². The van der Waals surface area contributed by atoms with Crippen LogP contribution in [0.3, 0.4) is 0 Å². The summed E-state index contributed by atoms with van der Waals surface area (Å²) in [5, 5.41) is 3.15. The molecule has 1 fully saturated rings. The lowest BCUT2D eigenvalue weighted by molar-refractivity contribution is -0.120. The Morgan fingerprint density at radius 2 is 1.90 bits per heavy atom. The summed E-state index contributed by atoms with van der Waals surface area (Å²) >= 11 is 6.10. The van der Waals surface area contributed by atoms with Gasteiger partial charge in [-0.1, -0.05) is 37.6 Å². The molecule has 8 heteroatoms. The number of nitrogens with one attached hydrogen (secondary N) is 1. The third kappa shape index (κ3) is 4.96. The smallest absolute Gasteiger partial charge is 0.243 e. The first-order valence-corrected chi connectivity index (χ1v) is 11.8. The number of nitrogens with zero attached hydrogens (tertiary/aromatic N) is 1. The molecule has 2 aromatic carbocycles. The van der Waals surface area contributed by atoms with Gasteiger partial charge < -0.3 is 10.1 Å². The van der Waals surface area contributed by atoms with Gasteiger partial charge in [0.05, 0.1) is 22.9 Å². The summed E-state index contributed by atoms with van der Waals surface area (Å²) in [5.41, 5.74) is 1.91. The second-order valence-corrected chi connectivity index (χ2v) is 10.1. The van der Waals surface area contributed by atoms with E-state index < -0.39 is 15.9 Å². The summed E-state index contributed by atoms with van der Waals surface area (Å²) in [7, 11) is -2.28. The van der Waals surface area contributed by atoms with Gasteiger partial charge in [0.25, 0.3) is 0 Å². The molecule has 3 rings (SSSR count). The summed E-state index contributed by atoms with van der Waals surface area (Å²) in [6.45, 7) is 4.74. The molecule has 30 heavy (non-hydrogen) atoms. The molecule has 162 valence electrons. The maximum absolute atomic E-state index is 13.1. The number of hydrogen-bond donors (Lipinski definition) is 1. The van der Waals surface area contributed by atoms with Crippen molar-refractivity contribution < 1.29 is 17.9 Å². The zero-order chi connectivity index (χ0) is 21.9. The molecular formula is C22H27ClN2O4S. The van der Waals surface area contributed by atoms with Crippen molar-refractivity contribution in [1.82, 2.24) is 4.31 Å². The highest BCUT2D eigenvalue weighted by molar-refractivity contribution is 7.89. The Morgan fingerprint density at radius 1 is 1.20 bits per heavy atom. The molecule has 0 spiro atoms. The normalized spacial score (nSPS) is 17.7. The van der Waals surface area contributed by atoms with E-state index in [1.54, 1.807) is 0 Å². The minimum atomic E-state index is -3.75. The number of sulfonamides is 1. The van der Waals surface area contributed by atoms with Crippen molar-refractivity contribution in [1.29, 1.82) is 0 Å². The molecule has 0 bridgehead atoms. The standard InChI is InChI=1S/C22H27ClN2O4S/c1-15(2)16-6-8-18(9-7-16)24-22(26)17-5-4-12-25(14-17)30(27,28)19-10-11-21(29-3)20(23)13-19/h6-11,13,15,17H,4-5,12,14H2,1-3H3,(H,24,26). The number of carbonyl (C=O) groups is 1. The minimum Gasteiger partial charge on any atom is -0.495 e. The summed E-state index contributed by atoms with van der Waals surface area (Å²) in [6.07, 6.45) is 1.26. The summed E-state index contributed by atoms with van der Waals surface area (Å²) in [6, 6.07) is 12.1. The molecule has 1 aliphatic heterocycles. The van der Waals surface area contributed by atoms with Crippen molar-refractivity contribution in [3.63, 3.8) is 0 Å². The van der Waals surface area contributed by atoms with Crippen LogP contribution in [0, 0.1) is 5.92 Å². The van der Waals surface area contributed by atoms with E-state index in [0.29, 0.717) is 36.7 Å². The van der Waals surface area contributed by atoms with Crippen molar-refractivity contribution in [2.24, 2.45) is 5.92 Å². The Morgan fingerprint density at radius 3 is 2.50 bits per heavy atom. The van der Waals surface area contributed by atoms with Gasteiger partial charge in [-0.3, -0.25) is 4.79 Å². The largest absolute Gasteiger partial charge is 0.495 e. The number of anilines is 1. The summed E-state index contributed by atoms with van der Waals surface area (Å²) < 4.78 is 32.6. The van der Waals surface area contributed by atoms with Gasteiger partial charge in [-0.15, -0.1) is 0 Å². The van der Waals surface area contributed by atoms with Crippen LogP contribution >= 0.6 is 11.6 Å². The number of halogens is 1. The first kappa shape index (κ1) is 22.6. The Kier molecular flexibility index (Phi) is 7.06. The molecule has 1 N–H and O–H groups in total. The van der Waals surface area contributed by atoms with E-state index in [4.69, 9.17) is 16.3 Å². The highest BCUT2D eigenvalue weighted by Crippen LogP contribution is 2.30. The Bertz CT molecular complexity index is 1010. The molecule has 2 aromatic rings. The van der Waals surface area contributed by atoms with E-state index in [2.05, 4.69) is 19.2 Å². The van der Waals surface area contributed by atoms with Gasteiger partial charge in [0.2, 0.25) is 15.9 Å². The van der Waals surface area contributed by atoms with Crippen molar-refractivity contribution >= 4 is 33.2 Å². The maximum Gasteiger partial charge on any atom is 0.243 e. The first-order chi connectivity index (χ1) is 14.2. The van der Waals surface area contributed by atoms with Crippen LogP contribution in [0.15, 0.2) is 47.4 Å². The van der Waals surface area contributed by atoms with E-state index in [9.17, 15) is 13.2 Å². The highest BCUT2D eigenvalue weighted by atomic mass is 35.5. The number of hydrogen-bond acceptors (Lipinski definition) is 4. The molecule has 0 aromatic heterocycles. The molecule has 0 saturated carbocycles. The fraction of sp³-hybridized carbons (Fsp3) is 0.409. The lowest BCUT2D eigenvalue weighted by Gasteiger charge is -2.31. The van der Waals surface area contributed by atoms with E-state index in [1.807, 2.05) is 24.3 Å². The Labute approximate surface area is 183 Å². The van der Waals surface area contributed by atoms with Crippen molar-refractivity contribution in [3.05, 3.63) is 53.1 Å². The van der Waals surface area contributed by atoms with E-state index in [-0.39, 0.29) is 22.4 Å². The van der Waals surface area contributed by atoms with Gasteiger partial charge in [-0.2, -0.15) is 4.31 Å². The zero-order valence-corrected chi connectivity index (χ0v) is 19.0. The lowest BCUT2D eigenvalue weighted by atomic mass is 9.98. The van der Waals surface area contributed by atoms with Crippen LogP contribution in [0.2, 0.25) is 5.02 Å². The molecule has 1 heterocycles. The molecule has 0 aliphatic carbocycles. The SMILES string of the molecule is COc1ccc(S(=O)(=O)N2CCCC(C(=O)Nc3ccc(C(C)C)cc3)C2)cc1Cl. The lowest BCUT2D eigenvalue weighted by Crippen LogP contribution is -2.43. The third-order valence-corrected chi connectivity index (χ3v) is 7.52. The quantitative estimate of drug-likeness (QED) is 0.702. The van der Waals surface area contributed by atoms with Crippen molar-refractivity contribution in [2.75, 3.05) is 25.5 Å². The van der Waals surface area contributed by atoms with Gasteiger partial charge >= 0.3 is 0 Å². The second-order valence-electron chi connectivity index (χ2n) is 7.76. The third-order valence-electron chi connectivity index (χ3n) is 5.36. The maximum atomic E-state index is 13.1. The van der Waals surface area contributed by atoms with Crippen LogP contribution in [-0.4, -0.2) is 38.8 Å². The predicted molar refractivity (Wildman–Crippen MR) is 119 cm³/mol. The number of piperidine rings is 1. The van der Waals surface area contributed by atoms with Crippen LogP contribution in [-0.2, 0) is 14.8 Å². The Balaban J connectivity index is 1.71. The van der Waals surface area contributed by atoms with E-state index in [1.165, 1.54) is 35.2 Å². The monoisotopic (exact) mass is 450 g/mol. The number of benzene rings is 2. The number of methoxy groups -OCH3 is 1. The van der Waals surface area contributed by atoms with Gasteiger partial charge in [0.1, 0.15) is 5.75 Å². The second kappa shape index (κ2) is 9.37. The Hall–Kier alpha value is -2.09. The molecule has 6 nitrogen and oxygen atoms in total. The minimum absolute atomic E-state index is 0.0960. The van der Waals surface area contributed by atoms with Crippen molar-refractivity contribution in [3.8, 4) is 5.75 Å². The molecule has 1 saturated heterocycles. The molecular weight excluding hydrogens is 424 g/mol. The average Bonchev–Trinajstić information content (AvgIpc) is 2.74. The fourth-order valence-electron chi connectivity index (χ4n) is 3.53. The predicted octanol–water partition coefficient (Wildman–Crippen LogP) is 4.51. The van der Waals surface area contributed by atoms with Crippen LogP contribution in [0.5, 0.6) is 5.75 Å². The molecule has 1 amide bonds. The average molecular weight is 451 g/mol. The number of carbonyl (C=O) groups excluding carboxylic acids is 1. The fourth-order valence-corrected chi connectivity index (χ4v) is 5.40. The number of ether oxygens (including phenoxy) is 1. The summed E-state index contributed by atoms with van der Waals surface area (Å²) in [4.78, 5) is 12.9. The van der Waals surface area contributed by atoms with E-state index in [0.717, 1.165) is 0 Å². The summed E-state index contributed by atoms with van der Waals surface area (Å²) in [5.74, 6) is 0.250. The topological polar surface area (TPSA) is 75.7 Å². The van der Waals surface area contributed by atoms with Crippen LogP contribution in [0.1, 0.15) is 38.2 Å². The zero-order valence-electron chi connectivity index (χ0n) is 17.4. The van der Waals surface area contributed by atoms with Gasteiger partial charge in [0, 0.05) is 18.8 Å².